The number of aryl methyl sites for hydroxylation is 1. The topological polar surface area (TPSA) is 0 Å². The highest BCUT2D eigenvalue weighted by Crippen LogP contribution is 3.10. The molecule has 0 nitrogen and oxygen atoms in total. The van der Waals surface area contributed by atoms with Crippen LogP contribution in [-0.4, -0.2) is 5.75 Å². The molecule has 0 saturated heterocycles. The summed E-state index contributed by atoms with van der Waals surface area (Å²) in [5, 5.41) is 0. The fraction of sp³-hybridized carbons (Fsp3) is 0.385. The number of hydrogen-bond donors (Lipinski definition) is 0. The minimum atomic E-state index is -11.2. The van der Waals surface area contributed by atoms with Crippen molar-refractivity contribution < 1.29 is 43.2 Å². The van der Waals surface area contributed by atoms with Crippen molar-refractivity contribution in [3.8, 4) is 0 Å². The van der Waals surface area contributed by atoms with Crippen molar-refractivity contribution in [2.45, 2.75) is 41.4 Å². The maximum absolute atomic E-state index is 13.4. The Morgan fingerprint density at radius 3 is 1.74 bits per heavy atom. The van der Waals surface area contributed by atoms with Crippen molar-refractivity contribution in [3.63, 3.8) is 0 Å². The number of halogens is 11. The minimum absolute atomic E-state index is 0.0659. The summed E-state index contributed by atoms with van der Waals surface area (Å²) in [7, 11) is -22.4. The van der Waals surface area contributed by atoms with Crippen LogP contribution in [0.25, 0.3) is 0 Å². The standard InChI is InChI=1S/C13H15F11S3/c1-3-25-11-8-7-10(6-4-5-9(2)14)12(26(15,16,17,18)19)13(11)27(20,21,22,23)24/h5,7-8H,3-4,6H2,1-2H3/b9-5-. The van der Waals surface area contributed by atoms with Crippen LogP contribution in [0, 0.1) is 0 Å². The molecule has 0 saturated carbocycles. The van der Waals surface area contributed by atoms with E-state index < -0.39 is 59.4 Å². The predicted octanol–water partition coefficient (Wildman–Crippen LogP) is 9.92. The normalized spacial score (nSPS) is 19.1. The van der Waals surface area contributed by atoms with Gasteiger partial charge in [0.15, 0.2) is 0 Å². The molecule has 162 valence electrons. The number of allylic oxidation sites excluding steroid dienone is 2. The van der Waals surface area contributed by atoms with E-state index in [1.165, 1.54) is 0 Å². The van der Waals surface area contributed by atoms with Gasteiger partial charge in [-0.25, -0.2) is 4.39 Å². The zero-order chi connectivity index (χ0) is 21.7. The molecule has 0 atom stereocenters. The molecular formula is C13H15F11S3. The lowest BCUT2D eigenvalue weighted by molar-refractivity contribution is 0.331. The van der Waals surface area contributed by atoms with E-state index in [0.717, 1.165) is 13.8 Å². The van der Waals surface area contributed by atoms with Crippen LogP contribution in [0.15, 0.2) is 38.7 Å². The molecule has 0 fully saturated rings. The van der Waals surface area contributed by atoms with Crippen LogP contribution in [0.2, 0.25) is 0 Å². The van der Waals surface area contributed by atoms with Gasteiger partial charge in [0.05, 0.1) is 5.83 Å². The van der Waals surface area contributed by atoms with Gasteiger partial charge < -0.3 is 0 Å². The second kappa shape index (κ2) is 5.65. The molecule has 0 aliphatic heterocycles. The molecule has 0 aromatic heterocycles. The highest BCUT2D eigenvalue weighted by atomic mass is 32.5. The Bertz CT molecular complexity index is 772. The summed E-state index contributed by atoms with van der Waals surface area (Å²) in [5.41, 5.74) is -1.67. The molecule has 0 amide bonds. The maximum atomic E-state index is 13.4. The maximum Gasteiger partial charge on any atom is 0.312 e. The Kier molecular flexibility index (Phi) is 5.08. The Morgan fingerprint density at radius 2 is 1.37 bits per heavy atom. The van der Waals surface area contributed by atoms with Gasteiger partial charge in [0.25, 0.3) is 0 Å². The Hall–Kier alpha value is -0.760. The first-order valence-corrected chi connectivity index (χ1v) is 11.9. The first-order chi connectivity index (χ1) is 11.5. The summed E-state index contributed by atoms with van der Waals surface area (Å²) >= 11 is -0.0659. The summed E-state index contributed by atoms with van der Waals surface area (Å²) in [6, 6.07) is 0.593. The quantitative estimate of drug-likeness (QED) is 0.279. The van der Waals surface area contributed by atoms with E-state index in [0.29, 0.717) is 18.2 Å². The third-order valence-electron chi connectivity index (χ3n) is 3.07. The van der Waals surface area contributed by atoms with E-state index in [1.807, 2.05) is 0 Å². The molecular weight excluding hydrogens is 461 g/mol. The predicted molar refractivity (Wildman–Crippen MR) is 88.8 cm³/mol. The zero-order valence-electron chi connectivity index (χ0n) is 13.7. The monoisotopic (exact) mass is 476 g/mol. The van der Waals surface area contributed by atoms with Crippen LogP contribution in [0.5, 0.6) is 0 Å². The van der Waals surface area contributed by atoms with Gasteiger partial charge in [0.2, 0.25) is 0 Å². The zero-order valence-corrected chi connectivity index (χ0v) is 16.2. The lowest BCUT2D eigenvalue weighted by Crippen LogP contribution is -2.19. The van der Waals surface area contributed by atoms with Gasteiger partial charge in [0, 0.05) is 4.90 Å². The highest BCUT2D eigenvalue weighted by Gasteiger charge is 2.76. The van der Waals surface area contributed by atoms with Crippen molar-refractivity contribution in [1.29, 1.82) is 0 Å². The van der Waals surface area contributed by atoms with E-state index >= 15 is 0 Å². The van der Waals surface area contributed by atoms with Crippen molar-refractivity contribution in [3.05, 3.63) is 29.6 Å². The second-order valence-corrected chi connectivity index (χ2v) is 11.6. The number of thioether (sulfide) groups is 1. The molecule has 0 N–H and O–H groups in total. The summed E-state index contributed by atoms with van der Waals surface area (Å²) in [4.78, 5) is -8.90. The largest absolute Gasteiger partial charge is 0.312 e. The molecule has 0 heterocycles. The van der Waals surface area contributed by atoms with E-state index in [2.05, 4.69) is 0 Å². The van der Waals surface area contributed by atoms with Crippen LogP contribution >= 0.6 is 32.2 Å². The van der Waals surface area contributed by atoms with Gasteiger partial charge in [-0.1, -0.05) is 57.9 Å². The van der Waals surface area contributed by atoms with Crippen molar-refractivity contribution >= 4 is 32.2 Å². The number of rotatable bonds is 7. The molecule has 0 radical (unpaired) electrons. The van der Waals surface area contributed by atoms with E-state index in [-0.39, 0.29) is 17.5 Å². The van der Waals surface area contributed by atoms with Crippen LogP contribution in [-0.2, 0) is 6.42 Å². The smallest absolute Gasteiger partial charge is 0.212 e. The molecule has 0 aliphatic rings. The Labute approximate surface area is 152 Å². The average molecular weight is 476 g/mol. The summed E-state index contributed by atoms with van der Waals surface area (Å²) in [5.74, 6) is -1.29. The first kappa shape index (κ1) is 24.3. The third-order valence-corrected chi connectivity index (χ3v) is 6.70. The molecule has 14 heteroatoms. The van der Waals surface area contributed by atoms with Gasteiger partial charge in [-0.3, -0.25) is 0 Å². The van der Waals surface area contributed by atoms with Gasteiger partial charge in [-0.05, 0) is 37.1 Å². The van der Waals surface area contributed by atoms with Crippen LogP contribution in [0.4, 0.5) is 43.2 Å². The third kappa shape index (κ3) is 6.66. The average Bonchev–Trinajstić information content (AvgIpc) is 2.33. The molecule has 27 heavy (non-hydrogen) atoms. The van der Waals surface area contributed by atoms with Gasteiger partial charge in [-0.15, -0.1) is 11.8 Å². The van der Waals surface area contributed by atoms with E-state index in [9.17, 15) is 43.2 Å². The van der Waals surface area contributed by atoms with Gasteiger partial charge in [-0.2, -0.15) is 0 Å². The van der Waals surface area contributed by atoms with E-state index in [4.69, 9.17) is 0 Å². The van der Waals surface area contributed by atoms with Crippen LogP contribution in [0.3, 0.4) is 0 Å². The minimum Gasteiger partial charge on any atom is -0.212 e. The summed E-state index contributed by atoms with van der Waals surface area (Å²) < 4.78 is 147. The lowest BCUT2D eigenvalue weighted by Gasteiger charge is -2.49. The molecule has 0 unspecified atom stereocenters. The highest BCUT2D eigenvalue weighted by molar-refractivity contribution is 8.48. The van der Waals surface area contributed by atoms with Crippen molar-refractivity contribution in [2.24, 2.45) is 0 Å². The molecule has 1 aromatic carbocycles. The first-order valence-electron chi connectivity index (χ1n) is 7.05. The molecule has 1 rings (SSSR count). The van der Waals surface area contributed by atoms with Gasteiger partial charge in [0.1, 0.15) is 9.79 Å². The molecule has 1 aromatic rings. The lowest BCUT2D eigenvalue weighted by atomic mass is 10.1. The van der Waals surface area contributed by atoms with Crippen molar-refractivity contribution in [2.75, 3.05) is 5.75 Å². The number of benzene rings is 1. The SMILES string of the molecule is CCSc1ccc(CC/C=C(/C)F)c(S(F)(F)(F)(F)F)c1S(F)(F)(F)(F)F. The fourth-order valence-electron chi connectivity index (χ4n) is 2.27. The Morgan fingerprint density at radius 1 is 0.889 bits per heavy atom. The molecule has 0 spiro atoms. The molecule has 0 bridgehead atoms. The van der Waals surface area contributed by atoms with Crippen molar-refractivity contribution in [1.82, 2.24) is 0 Å². The van der Waals surface area contributed by atoms with E-state index in [1.54, 1.807) is 0 Å². The summed E-state index contributed by atoms with van der Waals surface area (Å²) in [6.45, 7) is 2.02. The van der Waals surface area contributed by atoms with Crippen LogP contribution in [0.1, 0.15) is 25.8 Å². The van der Waals surface area contributed by atoms with Gasteiger partial charge >= 0.3 is 20.4 Å². The molecule has 0 aliphatic carbocycles. The van der Waals surface area contributed by atoms with Crippen LogP contribution < -0.4 is 0 Å². The summed E-state index contributed by atoms with van der Waals surface area (Å²) in [6.07, 6.45) is -1.19. The Balaban J connectivity index is 4.06. The fourth-order valence-corrected chi connectivity index (χ4v) is 6.69. The second-order valence-electron chi connectivity index (χ2n) is 5.58. The number of hydrogen-bond acceptors (Lipinski definition) is 1.